The number of aromatic nitrogens is 3. The number of amides is 1. The Morgan fingerprint density at radius 2 is 1.76 bits per heavy atom. The average Bonchev–Trinajstić information content (AvgIpc) is 3.28. The zero-order valence-corrected chi connectivity index (χ0v) is 19.1. The molecule has 0 bridgehead atoms. The van der Waals surface area contributed by atoms with Gasteiger partial charge in [0.25, 0.3) is 5.56 Å². The summed E-state index contributed by atoms with van der Waals surface area (Å²) in [5, 5.41) is 4.67. The van der Waals surface area contributed by atoms with Crippen molar-refractivity contribution in [1.82, 2.24) is 24.4 Å². The predicted octanol–water partition coefficient (Wildman–Crippen LogP) is 3.31. The maximum Gasteiger partial charge on any atom is 0.275 e. The van der Waals surface area contributed by atoms with E-state index in [1.54, 1.807) is 24.3 Å². The number of hydrogen-bond acceptors (Lipinski definition) is 6. The van der Waals surface area contributed by atoms with Crippen molar-refractivity contribution in [2.75, 3.05) is 26.2 Å². The van der Waals surface area contributed by atoms with Gasteiger partial charge in [0.1, 0.15) is 5.82 Å². The summed E-state index contributed by atoms with van der Waals surface area (Å²) in [5.74, 6) is -0.396. The van der Waals surface area contributed by atoms with E-state index in [0.29, 0.717) is 53.9 Å². The normalized spacial score (nSPS) is 14.8. The van der Waals surface area contributed by atoms with Gasteiger partial charge in [0.05, 0.1) is 5.69 Å². The molecule has 2 aromatic heterocycles. The number of carbonyl (C=O) groups excluding carboxylic acids is 1. The number of hydrogen-bond donors (Lipinski definition) is 0. The highest BCUT2D eigenvalue weighted by molar-refractivity contribution is 7.19. The van der Waals surface area contributed by atoms with E-state index >= 15 is 0 Å². The van der Waals surface area contributed by atoms with Crippen molar-refractivity contribution in [2.24, 2.45) is 0 Å². The minimum Gasteiger partial charge on any atom is -0.337 e. The minimum absolute atomic E-state index is 0.00775. The Labute approximate surface area is 199 Å². The van der Waals surface area contributed by atoms with Crippen molar-refractivity contribution >= 4 is 28.3 Å². The van der Waals surface area contributed by atoms with Crippen molar-refractivity contribution in [3.63, 3.8) is 0 Å². The molecule has 3 heterocycles. The summed E-state index contributed by atoms with van der Waals surface area (Å²) in [6.07, 6.45) is 3.43. The van der Waals surface area contributed by atoms with Crippen molar-refractivity contribution < 1.29 is 9.18 Å². The van der Waals surface area contributed by atoms with Crippen LogP contribution in [0.15, 0.2) is 71.5 Å². The lowest BCUT2D eigenvalue weighted by Crippen LogP contribution is -2.48. The molecule has 9 heteroatoms. The molecule has 1 amide bonds. The quantitative estimate of drug-likeness (QED) is 0.414. The molecule has 1 fully saturated rings. The van der Waals surface area contributed by atoms with Crippen LogP contribution in [0.1, 0.15) is 11.3 Å². The zero-order valence-electron chi connectivity index (χ0n) is 18.3. The third-order valence-corrected chi connectivity index (χ3v) is 6.63. The van der Waals surface area contributed by atoms with Crippen LogP contribution in [0.25, 0.3) is 21.6 Å². The fourth-order valence-corrected chi connectivity index (χ4v) is 4.82. The standard InChI is InChI=1S/C25H22FN5O2S/c26-21-9-5-4-8-20(21)24-28-31-23(33)16-19(27-25(31)34-24)17-29-12-14-30(15-13-29)22(32)11-10-18-6-2-1-3-7-18/h1-11,16H,12-15,17H2. The molecule has 0 spiro atoms. The lowest BCUT2D eigenvalue weighted by Gasteiger charge is -2.34. The Hall–Kier alpha value is -3.69. The first kappa shape index (κ1) is 22.1. The van der Waals surface area contributed by atoms with Crippen molar-refractivity contribution in [1.29, 1.82) is 0 Å². The molecule has 0 aliphatic carbocycles. The van der Waals surface area contributed by atoms with E-state index in [0.717, 1.165) is 5.56 Å². The van der Waals surface area contributed by atoms with Crippen LogP contribution in [-0.4, -0.2) is 56.5 Å². The fourth-order valence-electron chi connectivity index (χ4n) is 3.87. The third kappa shape index (κ3) is 4.80. The lowest BCUT2D eigenvalue weighted by atomic mass is 10.2. The summed E-state index contributed by atoms with van der Waals surface area (Å²) in [6.45, 7) is 3.10. The summed E-state index contributed by atoms with van der Waals surface area (Å²) in [6, 6.07) is 17.5. The van der Waals surface area contributed by atoms with Gasteiger partial charge in [0, 0.05) is 50.4 Å². The molecule has 1 aliphatic heterocycles. The lowest BCUT2D eigenvalue weighted by molar-refractivity contribution is -0.127. The Kier molecular flexibility index (Phi) is 6.29. The van der Waals surface area contributed by atoms with Gasteiger partial charge in [-0.15, -0.1) is 0 Å². The van der Waals surface area contributed by atoms with E-state index in [2.05, 4.69) is 15.0 Å². The number of rotatable bonds is 5. The monoisotopic (exact) mass is 475 g/mol. The minimum atomic E-state index is -0.388. The Morgan fingerprint density at radius 1 is 1.03 bits per heavy atom. The SMILES string of the molecule is O=C(C=Cc1ccccc1)N1CCN(Cc2cc(=O)n3nc(-c4ccccc4F)sc3n2)CC1. The zero-order chi connectivity index (χ0) is 23.5. The van der Waals surface area contributed by atoms with Crippen LogP contribution in [0.4, 0.5) is 4.39 Å². The van der Waals surface area contributed by atoms with Crippen LogP contribution >= 0.6 is 11.3 Å². The molecule has 7 nitrogen and oxygen atoms in total. The number of fused-ring (bicyclic) bond motifs is 1. The maximum atomic E-state index is 14.1. The molecule has 4 aromatic rings. The number of piperazine rings is 1. The highest BCUT2D eigenvalue weighted by atomic mass is 32.1. The average molecular weight is 476 g/mol. The van der Waals surface area contributed by atoms with Crippen LogP contribution in [0.3, 0.4) is 0 Å². The van der Waals surface area contributed by atoms with E-state index < -0.39 is 0 Å². The number of nitrogens with zero attached hydrogens (tertiary/aromatic N) is 5. The third-order valence-electron chi connectivity index (χ3n) is 5.69. The van der Waals surface area contributed by atoms with Gasteiger partial charge in [0.2, 0.25) is 10.9 Å². The largest absolute Gasteiger partial charge is 0.337 e. The van der Waals surface area contributed by atoms with Gasteiger partial charge in [-0.3, -0.25) is 14.5 Å². The van der Waals surface area contributed by atoms with Gasteiger partial charge in [-0.1, -0.05) is 53.8 Å². The molecule has 0 atom stereocenters. The van der Waals surface area contributed by atoms with Gasteiger partial charge < -0.3 is 4.90 Å². The van der Waals surface area contributed by atoms with E-state index in [4.69, 9.17) is 0 Å². The van der Waals surface area contributed by atoms with Crippen LogP contribution in [0.5, 0.6) is 0 Å². The summed E-state index contributed by atoms with van der Waals surface area (Å²) in [5.41, 5.74) is 1.68. The summed E-state index contributed by atoms with van der Waals surface area (Å²) >= 11 is 1.18. The summed E-state index contributed by atoms with van der Waals surface area (Å²) < 4.78 is 15.3. The Morgan fingerprint density at radius 3 is 2.53 bits per heavy atom. The molecule has 0 N–H and O–H groups in total. The van der Waals surface area contributed by atoms with E-state index in [-0.39, 0.29) is 17.3 Å². The first-order valence-corrected chi connectivity index (χ1v) is 11.8. The molecule has 0 unspecified atom stereocenters. The summed E-state index contributed by atoms with van der Waals surface area (Å²) in [4.78, 5) is 34.1. The van der Waals surface area contributed by atoms with E-state index in [9.17, 15) is 14.0 Å². The summed E-state index contributed by atoms with van der Waals surface area (Å²) in [7, 11) is 0. The molecule has 1 saturated heterocycles. The molecule has 2 aromatic carbocycles. The van der Waals surface area contributed by atoms with Crippen molar-refractivity contribution in [3.05, 3.63) is 94.2 Å². The Bertz CT molecular complexity index is 1410. The molecule has 34 heavy (non-hydrogen) atoms. The highest BCUT2D eigenvalue weighted by Crippen LogP contribution is 2.26. The molecule has 0 radical (unpaired) electrons. The fraction of sp³-hybridized carbons (Fsp3) is 0.200. The second kappa shape index (κ2) is 9.66. The van der Waals surface area contributed by atoms with Crippen LogP contribution in [-0.2, 0) is 11.3 Å². The molecular formula is C25H22FN5O2S. The van der Waals surface area contributed by atoms with Gasteiger partial charge in [0.15, 0.2) is 5.01 Å². The number of carbonyl (C=O) groups is 1. The molecule has 1 aliphatic rings. The highest BCUT2D eigenvalue weighted by Gasteiger charge is 2.21. The smallest absolute Gasteiger partial charge is 0.275 e. The van der Waals surface area contributed by atoms with Gasteiger partial charge in [-0.25, -0.2) is 9.37 Å². The topological polar surface area (TPSA) is 70.8 Å². The van der Waals surface area contributed by atoms with Gasteiger partial charge in [-0.2, -0.15) is 9.61 Å². The number of benzene rings is 2. The molecular weight excluding hydrogens is 453 g/mol. The molecule has 0 saturated carbocycles. The molecule has 172 valence electrons. The van der Waals surface area contributed by atoms with Crippen LogP contribution in [0.2, 0.25) is 0 Å². The number of halogens is 1. The second-order valence-electron chi connectivity index (χ2n) is 8.01. The van der Waals surface area contributed by atoms with Gasteiger partial charge >= 0.3 is 0 Å². The first-order chi connectivity index (χ1) is 16.6. The van der Waals surface area contributed by atoms with E-state index in [1.165, 1.54) is 28.0 Å². The maximum absolute atomic E-state index is 14.1. The first-order valence-electron chi connectivity index (χ1n) is 11.0. The Balaban J connectivity index is 1.24. The van der Waals surface area contributed by atoms with Crippen LogP contribution in [0, 0.1) is 5.82 Å². The van der Waals surface area contributed by atoms with E-state index in [1.807, 2.05) is 41.3 Å². The molecule has 5 rings (SSSR count). The van der Waals surface area contributed by atoms with Crippen LogP contribution < -0.4 is 5.56 Å². The van der Waals surface area contributed by atoms with Gasteiger partial charge in [-0.05, 0) is 23.8 Å². The van der Waals surface area contributed by atoms with Crippen molar-refractivity contribution in [3.8, 4) is 10.6 Å². The predicted molar refractivity (Wildman–Crippen MR) is 130 cm³/mol. The van der Waals surface area contributed by atoms with Crippen molar-refractivity contribution in [2.45, 2.75) is 6.54 Å². The second-order valence-corrected chi connectivity index (χ2v) is 8.97.